The second kappa shape index (κ2) is 6.81. The number of hydrogen-bond acceptors (Lipinski definition) is 4. The predicted octanol–water partition coefficient (Wildman–Crippen LogP) is 2.49. The summed E-state index contributed by atoms with van der Waals surface area (Å²) in [6, 6.07) is 6.05. The maximum Gasteiger partial charge on any atom is 0.126 e. The molecular weight excluding hydrogens is 250 g/mol. The summed E-state index contributed by atoms with van der Waals surface area (Å²) in [4.78, 5) is 3.22. The van der Waals surface area contributed by atoms with Crippen LogP contribution in [0.3, 0.4) is 0 Å². The van der Waals surface area contributed by atoms with Gasteiger partial charge in [0.25, 0.3) is 0 Å². The Labute approximate surface area is 112 Å². The van der Waals surface area contributed by atoms with Crippen LogP contribution in [0.4, 0.5) is 5.69 Å². The summed E-state index contributed by atoms with van der Waals surface area (Å²) in [7, 11) is 2.04. The summed E-state index contributed by atoms with van der Waals surface area (Å²) in [6.07, 6.45) is 4.10. The van der Waals surface area contributed by atoms with Crippen LogP contribution in [0.15, 0.2) is 23.1 Å². The molecule has 0 amide bonds. The lowest BCUT2D eigenvalue weighted by Gasteiger charge is -2.23. The number of benzene rings is 1. The molecule has 0 atom stereocenters. The van der Waals surface area contributed by atoms with Gasteiger partial charge in [-0.1, -0.05) is 6.07 Å². The van der Waals surface area contributed by atoms with Crippen molar-refractivity contribution in [3.8, 4) is 0 Å². The molecule has 0 bridgehead atoms. The summed E-state index contributed by atoms with van der Waals surface area (Å²) in [5.74, 6) is 1.21. The first-order valence-electron chi connectivity index (χ1n) is 5.33. The van der Waals surface area contributed by atoms with Gasteiger partial charge in [0.1, 0.15) is 5.84 Å². The van der Waals surface area contributed by atoms with Crippen molar-refractivity contribution in [2.45, 2.75) is 4.90 Å². The van der Waals surface area contributed by atoms with Crippen LogP contribution in [0.5, 0.6) is 0 Å². The van der Waals surface area contributed by atoms with E-state index in [9.17, 15) is 0 Å². The molecule has 0 aliphatic heterocycles. The van der Waals surface area contributed by atoms with Gasteiger partial charge in [0.2, 0.25) is 0 Å². The van der Waals surface area contributed by atoms with Gasteiger partial charge in [-0.15, -0.1) is 11.8 Å². The molecule has 0 saturated heterocycles. The van der Waals surface area contributed by atoms with E-state index < -0.39 is 0 Å². The zero-order valence-corrected chi connectivity index (χ0v) is 12.1. The van der Waals surface area contributed by atoms with Gasteiger partial charge in [-0.2, -0.15) is 11.8 Å². The molecule has 0 aliphatic carbocycles. The van der Waals surface area contributed by atoms with Gasteiger partial charge in [0, 0.05) is 29.9 Å². The van der Waals surface area contributed by atoms with E-state index in [0.717, 1.165) is 28.4 Å². The number of nitrogens with zero attached hydrogens (tertiary/aromatic N) is 1. The van der Waals surface area contributed by atoms with Crippen molar-refractivity contribution in [3.05, 3.63) is 23.8 Å². The number of nitrogens with two attached hydrogens (primary N) is 1. The maximum absolute atomic E-state index is 7.72. The number of nitrogens with one attached hydrogen (secondary N) is 1. The molecule has 0 heterocycles. The largest absolute Gasteiger partial charge is 0.384 e. The van der Waals surface area contributed by atoms with Crippen molar-refractivity contribution in [1.29, 1.82) is 5.41 Å². The standard InChI is InChI=1S/C12H19N3S2/c1-15(7-8-16-2)9-5-4-6-10(17-3)11(9)12(13)14/h4-6H,7-8H2,1-3H3,(H3,13,14). The lowest BCUT2D eigenvalue weighted by molar-refractivity contribution is 0.971. The average Bonchev–Trinajstić information content (AvgIpc) is 2.34. The van der Waals surface area contributed by atoms with Gasteiger partial charge in [0.05, 0.1) is 5.56 Å². The SMILES string of the molecule is CSCCN(C)c1cccc(SC)c1C(=N)N. The minimum atomic E-state index is 0.140. The van der Waals surface area contributed by atoms with E-state index in [2.05, 4.69) is 11.2 Å². The highest BCUT2D eigenvalue weighted by Crippen LogP contribution is 2.28. The quantitative estimate of drug-likeness (QED) is 0.473. The third kappa shape index (κ3) is 3.57. The Kier molecular flexibility index (Phi) is 5.71. The van der Waals surface area contributed by atoms with Crippen LogP contribution >= 0.6 is 23.5 Å². The summed E-state index contributed by atoms with van der Waals surface area (Å²) in [6.45, 7) is 0.958. The van der Waals surface area contributed by atoms with Crippen LogP contribution in [0.2, 0.25) is 0 Å². The first-order valence-corrected chi connectivity index (χ1v) is 7.95. The molecular formula is C12H19N3S2. The molecule has 0 unspecified atom stereocenters. The van der Waals surface area contributed by atoms with Crippen molar-refractivity contribution in [3.63, 3.8) is 0 Å². The summed E-state index contributed by atoms with van der Waals surface area (Å²) >= 11 is 3.44. The molecule has 0 saturated carbocycles. The number of nitrogen functional groups attached to an aromatic ring is 1. The maximum atomic E-state index is 7.72. The normalized spacial score (nSPS) is 10.3. The highest BCUT2D eigenvalue weighted by atomic mass is 32.2. The van der Waals surface area contributed by atoms with E-state index in [0.29, 0.717) is 0 Å². The smallest absolute Gasteiger partial charge is 0.126 e. The molecule has 0 spiro atoms. The summed E-state index contributed by atoms with van der Waals surface area (Å²) in [5, 5.41) is 7.72. The Bertz CT molecular complexity index is 393. The van der Waals surface area contributed by atoms with Crippen molar-refractivity contribution >= 4 is 35.0 Å². The number of anilines is 1. The summed E-state index contributed by atoms with van der Waals surface area (Å²) < 4.78 is 0. The predicted molar refractivity (Wildman–Crippen MR) is 80.9 cm³/mol. The van der Waals surface area contributed by atoms with Gasteiger partial charge in [-0.25, -0.2) is 0 Å². The van der Waals surface area contributed by atoms with E-state index in [4.69, 9.17) is 11.1 Å². The number of hydrogen-bond donors (Lipinski definition) is 2. The number of rotatable bonds is 6. The molecule has 17 heavy (non-hydrogen) atoms. The van der Waals surface area contributed by atoms with Crippen LogP contribution in [0.1, 0.15) is 5.56 Å². The molecule has 0 aliphatic rings. The average molecular weight is 269 g/mol. The first-order chi connectivity index (χ1) is 8.11. The Morgan fingerprint density at radius 2 is 2.12 bits per heavy atom. The fourth-order valence-electron chi connectivity index (χ4n) is 1.63. The van der Waals surface area contributed by atoms with Gasteiger partial charge < -0.3 is 10.6 Å². The molecule has 5 heteroatoms. The van der Waals surface area contributed by atoms with Crippen molar-refractivity contribution in [2.75, 3.05) is 36.8 Å². The topological polar surface area (TPSA) is 53.1 Å². The zero-order valence-electron chi connectivity index (χ0n) is 10.5. The molecule has 1 aromatic rings. The fraction of sp³-hybridized carbons (Fsp3) is 0.417. The molecule has 1 aromatic carbocycles. The highest BCUT2D eigenvalue weighted by molar-refractivity contribution is 7.98. The van der Waals surface area contributed by atoms with E-state index in [1.807, 2.05) is 43.3 Å². The number of thioether (sulfide) groups is 2. The molecule has 3 N–H and O–H groups in total. The Hall–Kier alpha value is -0.810. The minimum Gasteiger partial charge on any atom is -0.384 e. The fourth-order valence-corrected chi connectivity index (χ4v) is 2.72. The monoisotopic (exact) mass is 269 g/mol. The van der Waals surface area contributed by atoms with Gasteiger partial charge in [-0.05, 0) is 24.6 Å². The molecule has 0 fully saturated rings. The Balaban J connectivity index is 3.09. The highest BCUT2D eigenvalue weighted by Gasteiger charge is 2.13. The van der Waals surface area contributed by atoms with Crippen molar-refractivity contribution in [2.24, 2.45) is 5.73 Å². The lowest BCUT2D eigenvalue weighted by atomic mass is 10.1. The van der Waals surface area contributed by atoms with Crippen LogP contribution in [0, 0.1) is 5.41 Å². The third-order valence-corrected chi connectivity index (χ3v) is 3.91. The lowest BCUT2D eigenvalue weighted by Crippen LogP contribution is -2.25. The Morgan fingerprint density at radius 1 is 1.41 bits per heavy atom. The molecule has 3 nitrogen and oxygen atoms in total. The molecule has 1 rings (SSSR count). The van der Waals surface area contributed by atoms with E-state index in [1.165, 1.54) is 0 Å². The van der Waals surface area contributed by atoms with Crippen LogP contribution in [-0.2, 0) is 0 Å². The van der Waals surface area contributed by atoms with E-state index in [-0.39, 0.29) is 5.84 Å². The van der Waals surface area contributed by atoms with Crippen LogP contribution in [-0.4, -0.2) is 37.7 Å². The first kappa shape index (κ1) is 14.3. The number of amidine groups is 1. The van der Waals surface area contributed by atoms with Gasteiger partial charge in [-0.3, -0.25) is 5.41 Å². The second-order valence-corrected chi connectivity index (χ2v) is 5.52. The minimum absolute atomic E-state index is 0.140. The molecule has 0 radical (unpaired) electrons. The second-order valence-electron chi connectivity index (χ2n) is 3.68. The third-order valence-electron chi connectivity index (χ3n) is 2.54. The Morgan fingerprint density at radius 3 is 2.65 bits per heavy atom. The van der Waals surface area contributed by atoms with E-state index in [1.54, 1.807) is 11.8 Å². The van der Waals surface area contributed by atoms with Crippen LogP contribution < -0.4 is 10.6 Å². The summed E-state index contributed by atoms with van der Waals surface area (Å²) in [5.41, 5.74) is 7.59. The van der Waals surface area contributed by atoms with Gasteiger partial charge in [0.15, 0.2) is 0 Å². The van der Waals surface area contributed by atoms with Crippen molar-refractivity contribution < 1.29 is 0 Å². The molecule has 94 valence electrons. The van der Waals surface area contributed by atoms with Gasteiger partial charge >= 0.3 is 0 Å². The molecule has 0 aromatic heterocycles. The van der Waals surface area contributed by atoms with Crippen LogP contribution in [0.25, 0.3) is 0 Å². The van der Waals surface area contributed by atoms with E-state index >= 15 is 0 Å². The zero-order chi connectivity index (χ0) is 12.8. The van der Waals surface area contributed by atoms with Crippen molar-refractivity contribution in [1.82, 2.24) is 0 Å².